The van der Waals surface area contributed by atoms with Crippen LogP contribution >= 0.6 is 0 Å². The molecule has 2 N–H and O–H groups in total. The van der Waals surface area contributed by atoms with Crippen LogP contribution in [0.2, 0.25) is 0 Å². The Labute approximate surface area is 185 Å². The normalized spacial score (nSPS) is 14.5. The van der Waals surface area contributed by atoms with E-state index in [0.29, 0.717) is 22.7 Å². The van der Waals surface area contributed by atoms with E-state index < -0.39 is 11.4 Å². The van der Waals surface area contributed by atoms with Gasteiger partial charge in [0, 0.05) is 11.3 Å². The smallest absolute Gasteiger partial charge is 0.333 e. The summed E-state index contributed by atoms with van der Waals surface area (Å²) >= 11 is 0. The van der Waals surface area contributed by atoms with Crippen LogP contribution in [0.25, 0.3) is 22.4 Å². The van der Waals surface area contributed by atoms with E-state index in [4.69, 9.17) is 9.72 Å². The van der Waals surface area contributed by atoms with Gasteiger partial charge in [-0.2, -0.15) is 0 Å². The molecule has 1 aliphatic rings. The highest BCUT2D eigenvalue weighted by molar-refractivity contribution is 6.25. The lowest BCUT2D eigenvalue weighted by molar-refractivity contribution is -0.121. The zero-order valence-electron chi connectivity index (χ0n) is 18.0. The van der Waals surface area contributed by atoms with E-state index in [-0.39, 0.29) is 5.91 Å². The fourth-order valence-electron chi connectivity index (χ4n) is 4.02. The highest BCUT2D eigenvalue weighted by Crippen LogP contribution is 2.44. The zero-order valence-corrected chi connectivity index (χ0v) is 18.0. The molecule has 1 aliphatic heterocycles. The highest BCUT2D eigenvalue weighted by atomic mass is 16.5. The number of anilines is 2. The lowest BCUT2D eigenvalue weighted by Gasteiger charge is -2.19. The molecule has 7 nitrogen and oxygen atoms in total. The number of rotatable bonds is 3. The standard InChI is InChI=1S/C25H22N4O3/c1-25(2)18-13-19-20(28-22(27-19)15-9-11-17(32-3)12-10-15)14-21(18)29(23(25)30)24(31)26-16-7-5-4-6-8-16/h4-14H,1-3H3,(H,26,31)(H,27,28). The number of carbonyl (C=O) groups excluding carboxylic acids is 2. The van der Waals surface area contributed by atoms with Gasteiger partial charge in [-0.05, 0) is 67.9 Å². The molecule has 0 atom stereocenters. The van der Waals surface area contributed by atoms with Crippen LogP contribution < -0.4 is 15.0 Å². The quantitative estimate of drug-likeness (QED) is 0.477. The predicted molar refractivity (Wildman–Crippen MR) is 124 cm³/mol. The lowest BCUT2D eigenvalue weighted by Crippen LogP contribution is -2.42. The lowest BCUT2D eigenvalue weighted by atomic mass is 9.86. The van der Waals surface area contributed by atoms with Crippen molar-refractivity contribution in [3.05, 3.63) is 72.3 Å². The Balaban J connectivity index is 1.56. The maximum Gasteiger partial charge on any atom is 0.333 e. The van der Waals surface area contributed by atoms with Crippen molar-refractivity contribution in [3.8, 4) is 17.1 Å². The minimum absolute atomic E-state index is 0.274. The van der Waals surface area contributed by atoms with Crippen molar-refractivity contribution in [1.29, 1.82) is 0 Å². The summed E-state index contributed by atoms with van der Waals surface area (Å²) in [6, 6.07) is 19.9. The van der Waals surface area contributed by atoms with Gasteiger partial charge in [0.1, 0.15) is 11.6 Å². The van der Waals surface area contributed by atoms with Crippen LogP contribution in [0, 0.1) is 0 Å². The number of nitrogens with zero attached hydrogens (tertiary/aromatic N) is 2. The molecule has 0 bridgehead atoms. The van der Waals surface area contributed by atoms with Crippen LogP contribution in [0.4, 0.5) is 16.2 Å². The largest absolute Gasteiger partial charge is 0.497 e. The number of carbonyl (C=O) groups is 2. The number of H-pyrrole nitrogens is 1. The van der Waals surface area contributed by atoms with Gasteiger partial charge in [-0.1, -0.05) is 18.2 Å². The highest BCUT2D eigenvalue weighted by Gasteiger charge is 2.47. The zero-order chi connectivity index (χ0) is 22.5. The fourth-order valence-corrected chi connectivity index (χ4v) is 4.02. The number of aromatic amines is 1. The number of hydrogen-bond donors (Lipinski definition) is 2. The molecule has 4 aromatic rings. The predicted octanol–water partition coefficient (Wildman–Crippen LogP) is 5.09. The van der Waals surface area contributed by atoms with Crippen LogP contribution in [-0.4, -0.2) is 29.0 Å². The summed E-state index contributed by atoms with van der Waals surface area (Å²) in [5.41, 5.74) is 3.51. The summed E-state index contributed by atoms with van der Waals surface area (Å²) in [5, 5.41) is 2.81. The molecule has 32 heavy (non-hydrogen) atoms. The number of ether oxygens (including phenoxy) is 1. The van der Waals surface area contributed by atoms with Gasteiger partial charge in [0.05, 0.1) is 29.2 Å². The van der Waals surface area contributed by atoms with Crippen LogP contribution in [0.1, 0.15) is 19.4 Å². The number of benzene rings is 3. The first-order chi connectivity index (χ1) is 15.4. The third kappa shape index (κ3) is 3.10. The van der Waals surface area contributed by atoms with Crippen molar-refractivity contribution < 1.29 is 14.3 Å². The molecule has 0 radical (unpaired) electrons. The molecular formula is C25H22N4O3. The van der Waals surface area contributed by atoms with E-state index in [2.05, 4.69) is 10.3 Å². The fraction of sp³-hybridized carbons (Fsp3) is 0.160. The van der Waals surface area contributed by atoms with Crippen LogP contribution in [0.5, 0.6) is 5.75 Å². The second-order valence-corrected chi connectivity index (χ2v) is 8.26. The van der Waals surface area contributed by atoms with E-state index in [1.54, 1.807) is 25.3 Å². The topological polar surface area (TPSA) is 87.3 Å². The molecule has 0 unspecified atom stereocenters. The maximum atomic E-state index is 13.2. The van der Waals surface area contributed by atoms with E-state index in [9.17, 15) is 9.59 Å². The third-order valence-electron chi connectivity index (χ3n) is 5.84. The molecule has 5 rings (SSSR count). The molecule has 0 saturated heterocycles. The average molecular weight is 426 g/mol. The van der Waals surface area contributed by atoms with Gasteiger partial charge in [-0.15, -0.1) is 0 Å². The van der Waals surface area contributed by atoms with E-state index in [1.165, 1.54) is 4.90 Å². The Morgan fingerprint density at radius 2 is 1.78 bits per heavy atom. The summed E-state index contributed by atoms with van der Waals surface area (Å²) in [5.74, 6) is 1.20. The van der Waals surface area contributed by atoms with Crippen molar-refractivity contribution in [1.82, 2.24) is 9.97 Å². The number of nitrogens with one attached hydrogen (secondary N) is 2. The van der Waals surface area contributed by atoms with Crippen LogP contribution in [0.15, 0.2) is 66.7 Å². The van der Waals surface area contributed by atoms with Gasteiger partial charge in [-0.25, -0.2) is 14.7 Å². The molecule has 0 fully saturated rings. The van der Waals surface area contributed by atoms with E-state index >= 15 is 0 Å². The first-order valence-electron chi connectivity index (χ1n) is 10.3. The molecule has 7 heteroatoms. The molecule has 3 amide bonds. The van der Waals surface area contributed by atoms with Gasteiger partial charge >= 0.3 is 6.03 Å². The molecule has 0 saturated carbocycles. The summed E-state index contributed by atoms with van der Waals surface area (Å²) in [6.07, 6.45) is 0. The number of hydrogen-bond acceptors (Lipinski definition) is 4. The minimum atomic E-state index is -0.844. The first kappa shape index (κ1) is 19.8. The third-order valence-corrected chi connectivity index (χ3v) is 5.84. The van der Waals surface area contributed by atoms with E-state index in [1.807, 2.05) is 62.4 Å². The second-order valence-electron chi connectivity index (χ2n) is 8.26. The van der Waals surface area contributed by atoms with Gasteiger partial charge < -0.3 is 15.0 Å². The number of imidazole rings is 1. The van der Waals surface area contributed by atoms with Crippen molar-refractivity contribution in [2.24, 2.45) is 0 Å². The second kappa shape index (κ2) is 7.23. The first-order valence-corrected chi connectivity index (χ1v) is 10.3. The molecule has 0 aliphatic carbocycles. The molecule has 160 valence electrons. The summed E-state index contributed by atoms with van der Waals surface area (Å²) in [7, 11) is 1.63. The Hall–Kier alpha value is -4.13. The Bertz CT molecular complexity index is 1340. The van der Waals surface area contributed by atoms with Crippen molar-refractivity contribution in [3.63, 3.8) is 0 Å². The number of imide groups is 1. The Kier molecular flexibility index (Phi) is 4.48. The Morgan fingerprint density at radius 3 is 2.47 bits per heavy atom. The van der Waals surface area contributed by atoms with Crippen molar-refractivity contribution >= 4 is 34.3 Å². The van der Waals surface area contributed by atoms with Crippen molar-refractivity contribution in [2.45, 2.75) is 19.3 Å². The molecule has 1 aromatic heterocycles. The molecule has 0 spiro atoms. The van der Waals surface area contributed by atoms with Gasteiger partial charge in [0.2, 0.25) is 5.91 Å². The number of fused-ring (bicyclic) bond motifs is 2. The number of aromatic nitrogens is 2. The number of amides is 3. The minimum Gasteiger partial charge on any atom is -0.497 e. The SMILES string of the molecule is COc1ccc(-c2nc3cc4c(cc3[nH]2)C(C)(C)C(=O)N4C(=O)Nc2ccccc2)cc1. The average Bonchev–Trinajstić information content (AvgIpc) is 3.30. The molecule has 2 heterocycles. The summed E-state index contributed by atoms with van der Waals surface area (Å²) < 4.78 is 5.22. The monoisotopic (exact) mass is 426 g/mol. The maximum absolute atomic E-state index is 13.2. The van der Waals surface area contributed by atoms with Crippen LogP contribution in [0.3, 0.4) is 0 Å². The molecular weight excluding hydrogens is 404 g/mol. The number of para-hydroxylation sites is 1. The summed E-state index contributed by atoms with van der Waals surface area (Å²) in [4.78, 5) is 35.5. The Morgan fingerprint density at radius 1 is 1.06 bits per heavy atom. The van der Waals surface area contributed by atoms with Crippen molar-refractivity contribution in [2.75, 3.05) is 17.3 Å². The number of methoxy groups -OCH3 is 1. The van der Waals surface area contributed by atoms with Gasteiger partial charge in [0.25, 0.3) is 0 Å². The number of urea groups is 1. The van der Waals surface area contributed by atoms with E-state index in [0.717, 1.165) is 22.4 Å². The van der Waals surface area contributed by atoms with Crippen LogP contribution in [-0.2, 0) is 10.2 Å². The van der Waals surface area contributed by atoms with Gasteiger partial charge in [-0.3, -0.25) is 4.79 Å². The van der Waals surface area contributed by atoms with Gasteiger partial charge in [0.15, 0.2) is 0 Å². The summed E-state index contributed by atoms with van der Waals surface area (Å²) in [6.45, 7) is 3.66. The molecule has 3 aromatic carbocycles.